The first-order valence-corrected chi connectivity index (χ1v) is 13.4. The van der Waals surface area contributed by atoms with Gasteiger partial charge in [-0.2, -0.15) is 5.26 Å². The predicted molar refractivity (Wildman–Crippen MR) is 138 cm³/mol. The zero-order valence-electron chi connectivity index (χ0n) is 20.3. The van der Waals surface area contributed by atoms with Crippen molar-refractivity contribution >= 4 is 32.5 Å². The average Bonchev–Trinajstić information content (AvgIpc) is 3.61. The quantitative estimate of drug-likeness (QED) is 0.375. The fraction of sp³-hybridized carbons (Fsp3) is 0.269. The van der Waals surface area contributed by atoms with Crippen LogP contribution in [-0.2, 0) is 10.0 Å². The van der Waals surface area contributed by atoms with Gasteiger partial charge in [-0.05, 0) is 56.0 Å². The maximum absolute atomic E-state index is 13.4. The van der Waals surface area contributed by atoms with E-state index >= 15 is 0 Å². The highest BCUT2D eigenvalue weighted by Gasteiger charge is 2.36. The molecule has 1 aliphatic carbocycles. The monoisotopic (exact) mass is 512 g/mol. The van der Waals surface area contributed by atoms with Gasteiger partial charge in [0, 0.05) is 18.2 Å². The van der Waals surface area contributed by atoms with Crippen LogP contribution in [0.15, 0.2) is 66.0 Å². The van der Waals surface area contributed by atoms with Crippen LogP contribution in [0.3, 0.4) is 0 Å². The molecule has 4 aromatic heterocycles. The Hall–Kier alpha value is -4.30. The standard InChI is InChI=1S/C26H24N8O2S/c1-16-3-7-21(8-4-16)37(35,36)33-10-9-23-26(33)29-15-24-31-32-25(34(23)24)22-12-20(11-17(22)2)30-19-6-5-18(13-27)28-14-19/h3-10,14-15,17,20,22,30H,11-12H2,1-2H3. The number of fused-ring (bicyclic) bond motifs is 3. The maximum Gasteiger partial charge on any atom is 0.269 e. The molecule has 0 radical (unpaired) electrons. The van der Waals surface area contributed by atoms with E-state index in [4.69, 9.17) is 5.26 Å². The van der Waals surface area contributed by atoms with Crippen molar-refractivity contribution in [3.8, 4) is 6.07 Å². The van der Waals surface area contributed by atoms with Gasteiger partial charge in [0.05, 0.1) is 28.5 Å². The number of nitrogens with zero attached hydrogens (tertiary/aromatic N) is 7. The number of pyridine rings is 1. The van der Waals surface area contributed by atoms with Gasteiger partial charge in [-0.1, -0.05) is 24.6 Å². The molecule has 1 fully saturated rings. The second kappa shape index (κ2) is 8.67. The fourth-order valence-corrected chi connectivity index (χ4v) is 6.51. The smallest absolute Gasteiger partial charge is 0.269 e. The summed E-state index contributed by atoms with van der Waals surface area (Å²) in [7, 11) is -3.82. The van der Waals surface area contributed by atoms with Crippen molar-refractivity contribution in [2.75, 3.05) is 5.32 Å². The van der Waals surface area contributed by atoms with E-state index in [9.17, 15) is 8.42 Å². The molecule has 0 bridgehead atoms. The van der Waals surface area contributed by atoms with Crippen molar-refractivity contribution in [3.63, 3.8) is 0 Å². The molecule has 0 aliphatic heterocycles. The van der Waals surface area contributed by atoms with E-state index in [2.05, 4.69) is 32.4 Å². The van der Waals surface area contributed by atoms with Gasteiger partial charge in [-0.25, -0.2) is 22.4 Å². The number of anilines is 1. The van der Waals surface area contributed by atoms with Gasteiger partial charge in [0.15, 0.2) is 11.3 Å². The van der Waals surface area contributed by atoms with Gasteiger partial charge < -0.3 is 5.32 Å². The molecule has 1 N–H and O–H groups in total. The number of aryl methyl sites for hydroxylation is 1. The number of rotatable bonds is 5. The third-order valence-electron chi connectivity index (χ3n) is 7.10. The molecular formula is C26H24N8O2S. The number of benzene rings is 1. The van der Waals surface area contributed by atoms with Crippen molar-refractivity contribution in [2.24, 2.45) is 5.92 Å². The van der Waals surface area contributed by atoms with Crippen molar-refractivity contribution in [3.05, 3.63) is 78.1 Å². The summed E-state index contributed by atoms with van der Waals surface area (Å²) in [4.78, 5) is 8.79. The molecule has 3 atom stereocenters. The summed E-state index contributed by atoms with van der Waals surface area (Å²) in [6.45, 7) is 4.11. The highest BCUT2D eigenvalue weighted by molar-refractivity contribution is 7.90. The summed E-state index contributed by atoms with van der Waals surface area (Å²) in [6, 6.07) is 14.3. The Bertz CT molecular complexity index is 1770. The summed E-state index contributed by atoms with van der Waals surface area (Å²) >= 11 is 0. The van der Waals surface area contributed by atoms with Crippen LogP contribution >= 0.6 is 0 Å². The Labute approximate surface area is 213 Å². The SMILES string of the molecule is Cc1ccc(S(=O)(=O)n2ccc3c2ncc2nnc(C4CC(Nc5ccc(C#N)nc5)CC4C)n23)cc1. The van der Waals surface area contributed by atoms with E-state index in [0.29, 0.717) is 28.4 Å². The lowest BCUT2D eigenvalue weighted by atomic mass is 9.97. The van der Waals surface area contributed by atoms with Gasteiger partial charge in [-0.15, -0.1) is 10.2 Å². The molecule has 10 nitrogen and oxygen atoms in total. The van der Waals surface area contributed by atoms with Crippen LogP contribution in [0.4, 0.5) is 5.69 Å². The summed E-state index contributed by atoms with van der Waals surface area (Å²) in [5.41, 5.74) is 3.79. The van der Waals surface area contributed by atoms with Crippen molar-refractivity contribution < 1.29 is 8.42 Å². The number of hydrogen-bond acceptors (Lipinski definition) is 8. The molecular weight excluding hydrogens is 488 g/mol. The van der Waals surface area contributed by atoms with Gasteiger partial charge >= 0.3 is 0 Å². The van der Waals surface area contributed by atoms with E-state index in [1.807, 2.05) is 23.5 Å². The minimum Gasteiger partial charge on any atom is -0.381 e. The molecule has 0 spiro atoms. The number of nitrogens with one attached hydrogen (secondary N) is 1. The van der Waals surface area contributed by atoms with E-state index in [0.717, 1.165) is 29.9 Å². The normalized spacial score (nSPS) is 19.9. The molecule has 4 heterocycles. The molecule has 0 saturated heterocycles. The lowest BCUT2D eigenvalue weighted by Gasteiger charge is -2.14. The molecule has 11 heteroatoms. The number of hydrogen-bond donors (Lipinski definition) is 1. The van der Waals surface area contributed by atoms with Crippen molar-refractivity contribution in [1.29, 1.82) is 5.26 Å². The van der Waals surface area contributed by atoms with Gasteiger partial charge in [-0.3, -0.25) is 4.40 Å². The predicted octanol–water partition coefficient (Wildman–Crippen LogP) is 3.89. The summed E-state index contributed by atoms with van der Waals surface area (Å²) in [5.74, 6) is 1.22. The fourth-order valence-electron chi connectivity index (χ4n) is 5.22. The second-order valence-electron chi connectivity index (χ2n) is 9.59. The number of nitriles is 1. The van der Waals surface area contributed by atoms with Crippen LogP contribution < -0.4 is 5.32 Å². The minimum atomic E-state index is -3.82. The van der Waals surface area contributed by atoms with Crippen molar-refractivity contribution in [1.82, 2.24) is 28.5 Å². The van der Waals surface area contributed by atoms with Crippen LogP contribution in [0.1, 0.15) is 42.8 Å². The molecule has 1 aromatic carbocycles. The maximum atomic E-state index is 13.4. The highest BCUT2D eigenvalue weighted by Crippen LogP contribution is 2.40. The first-order chi connectivity index (χ1) is 17.8. The molecule has 37 heavy (non-hydrogen) atoms. The Morgan fingerprint density at radius 2 is 1.84 bits per heavy atom. The molecule has 1 aliphatic rings. The first-order valence-electron chi connectivity index (χ1n) is 12.0. The van der Waals surface area contributed by atoms with Gasteiger partial charge in [0.1, 0.15) is 17.6 Å². The largest absolute Gasteiger partial charge is 0.381 e. The number of aromatic nitrogens is 6. The van der Waals surface area contributed by atoms with E-state index in [-0.39, 0.29) is 16.9 Å². The molecule has 6 rings (SSSR count). The topological polar surface area (TPSA) is 131 Å². The van der Waals surface area contributed by atoms with Crippen LogP contribution in [-0.4, -0.2) is 43.0 Å². The Kier molecular flexibility index (Phi) is 5.42. The minimum absolute atomic E-state index is 0.112. The molecule has 1 saturated carbocycles. The lowest BCUT2D eigenvalue weighted by molar-refractivity contribution is 0.507. The van der Waals surface area contributed by atoms with Gasteiger partial charge in [0.25, 0.3) is 10.0 Å². The zero-order chi connectivity index (χ0) is 25.7. The third-order valence-corrected chi connectivity index (χ3v) is 8.78. The summed E-state index contributed by atoms with van der Waals surface area (Å²) < 4.78 is 29.9. The summed E-state index contributed by atoms with van der Waals surface area (Å²) in [6.07, 6.45) is 6.54. The average molecular weight is 513 g/mol. The van der Waals surface area contributed by atoms with Crippen LogP contribution in [0.5, 0.6) is 0 Å². The third kappa shape index (κ3) is 3.90. The van der Waals surface area contributed by atoms with Crippen LogP contribution in [0.25, 0.3) is 16.8 Å². The summed E-state index contributed by atoms with van der Waals surface area (Å²) in [5, 5.41) is 21.4. The molecule has 5 aromatic rings. The first kappa shape index (κ1) is 23.1. The second-order valence-corrected chi connectivity index (χ2v) is 11.4. The molecule has 186 valence electrons. The van der Waals surface area contributed by atoms with Crippen LogP contribution in [0, 0.1) is 24.2 Å². The Morgan fingerprint density at radius 1 is 1.03 bits per heavy atom. The zero-order valence-corrected chi connectivity index (χ0v) is 21.1. The van der Waals surface area contributed by atoms with Crippen LogP contribution in [0.2, 0.25) is 0 Å². The Morgan fingerprint density at radius 3 is 2.57 bits per heavy atom. The van der Waals surface area contributed by atoms with Gasteiger partial charge in [0.2, 0.25) is 0 Å². The lowest BCUT2D eigenvalue weighted by Crippen LogP contribution is -2.16. The molecule has 3 unspecified atom stereocenters. The van der Waals surface area contributed by atoms with E-state index < -0.39 is 10.0 Å². The Balaban J connectivity index is 1.35. The molecule has 0 amide bonds. The highest BCUT2D eigenvalue weighted by atomic mass is 32.2. The van der Waals surface area contributed by atoms with E-state index in [1.54, 1.807) is 48.8 Å². The van der Waals surface area contributed by atoms with Crippen molar-refractivity contribution in [2.45, 2.75) is 43.5 Å². The van der Waals surface area contributed by atoms with E-state index in [1.165, 1.54) is 10.2 Å².